The highest BCUT2D eigenvalue weighted by molar-refractivity contribution is 5.76. The van der Waals surface area contributed by atoms with Crippen molar-refractivity contribution in [2.24, 2.45) is 0 Å². The third-order valence-electron chi connectivity index (χ3n) is 2.41. The highest BCUT2D eigenvalue weighted by Gasteiger charge is 2.04. The van der Waals surface area contributed by atoms with Crippen molar-refractivity contribution in [3.63, 3.8) is 0 Å². The van der Waals surface area contributed by atoms with E-state index >= 15 is 0 Å². The van der Waals surface area contributed by atoms with Gasteiger partial charge in [-0.3, -0.25) is 14.9 Å². The normalized spacial score (nSPS) is 10.7. The molecule has 2 aromatic rings. The van der Waals surface area contributed by atoms with E-state index in [1.54, 1.807) is 24.3 Å². The third kappa shape index (κ3) is 2.69. The van der Waals surface area contributed by atoms with Crippen LogP contribution in [-0.2, 0) is 11.5 Å². The standard InChI is InChI=1S/C11H12N4O3/c16-10(17)5-6-12-7-15-11(18)8-3-1-2-4-9(8)13-14-15/h1-4,12H,5-7H2,(H,16,17). The summed E-state index contributed by atoms with van der Waals surface area (Å²) in [6.07, 6.45) is -0.00421. The molecule has 0 bridgehead atoms. The molecule has 0 saturated heterocycles. The summed E-state index contributed by atoms with van der Waals surface area (Å²) < 4.78 is 1.17. The number of nitrogens with one attached hydrogen (secondary N) is 1. The Balaban J connectivity index is 2.12. The maximum Gasteiger partial charge on any atom is 0.304 e. The molecule has 7 heteroatoms. The molecule has 0 fully saturated rings. The molecule has 0 aliphatic heterocycles. The molecule has 94 valence electrons. The topological polar surface area (TPSA) is 97.1 Å². The van der Waals surface area contributed by atoms with Gasteiger partial charge < -0.3 is 5.11 Å². The molecule has 0 saturated carbocycles. The zero-order valence-corrected chi connectivity index (χ0v) is 9.54. The van der Waals surface area contributed by atoms with E-state index < -0.39 is 5.97 Å². The lowest BCUT2D eigenvalue weighted by molar-refractivity contribution is -0.136. The van der Waals surface area contributed by atoms with E-state index in [2.05, 4.69) is 15.6 Å². The Morgan fingerprint density at radius 3 is 2.94 bits per heavy atom. The van der Waals surface area contributed by atoms with E-state index in [4.69, 9.17) is 5.11 Å². The first kappa shape index (κ1) is 12.2. The summed E-state index contributed by atoms with van der Waals surface area (Å²) in [5.74, 6) is -0.889. The van der Waals surface area contributed by atoms with Crippen molar-refractivity contribution in [2.45, 2.75) is 13.1 Å². The summed E-state index contributed by atoms with van der Waals surface area (Å²) in [7, 11) is 0. The Hall–Kier alpha value is -2.28. The van der Waals surface area contributed by atoms with Gasteiger partial charge in [0, 0.05) is 6.54 Å². The molecular formula is C11H12N4O3. The molecule has 1 aromatic heterocycles. The number of aromatic nitrogens is 3. The van der Waals surface area contributed by atoms with E-state index in [-0.39, 0.29) is 25.2 Å². The zero-order valence-electron chi connectivity index (χ0n) is 9.54. The van der Waals surface area contributed by atoms with Crippen LogP contribution in [0.2, 0.25) is 0 Å². The number of carboxylic acids is 1. The Morgan fingerprint density at radius 1 is 1.39 bits per heavy atom. The van der Waals surface area contributed by atoms with Crippen LogP contribution in [0.25, 0.3) is 10.9 Å². The van der Waals surface area contributed by atoms with Crippen LogP contribution in [-0.4, -0.2) is 32.6 Å². The quantitative estimate of drug-likeness (QED) is 0.712. The molecule has 0 atom stereocenters. The molecule has 0 radical (unpaired) electrons. The fourth-order valence-electron chi connectivity index (χ4n) is 1.51. The number of rotatable bonds is 5. The van der Waals surface area contributed by atoms with E-state index in [0.29, 0.717) is 10.9 Å². The lowest BCUT2D eigenvalue weighted by Crippen LogP contribution is -2.32. The molecule has 2 rings (SSSR count). The van der Waals surface area contributed by atoms with Crippen molar-refractivity contribution in [1.82, 2.24) is 20.3 Å². The molecule has 2 N–H and O–H groups in total. The minimum absolute atomic E-state index is 0.00421. The van der Waals surface area contributed by atoms with Gasteiger partial charge in [-0.2, -0.15) is 4.68 Å². The van der Waals surface area contributed by atoms with Gasteiger partial charge in [-0.25, -0.2) is 0 Å². The van der Waals surface area contributed by atoms with Gasteiger partial charge in [-0.1, -0.05) is 17.3 Å². The van der Waals surface area contributed by atoms with Gasteiger partial charge in [0.1, 0.15) is 5.52 Å². The molecular weight excluding hydrogens is 236 g/mol. The van der Waals surface area contributed by atoms with Gasteiger partial charge >= 0.3 is 5.97 Å². The molecule has 18 heavy (non-hydrogen) atoms. The van der Waals surface area contributed by atoms with Crippen molar-refractivity contribution in [2.75, 3.05) is 6.54 Å². The number of carboxylic acid groups (broad SMARTS) is 1. The van der Waals surface area contributed by atoms with Gasteiger partial charge in [0.15, 0.2) is 0 Å². The maximum atomic E-state index is 12.0. The van der Waals surface area contributed by atoms with Gasteiger partial charge in [0.05, 0.1) is 18.5 Å². The van der Waals surface area contributed by atoms with Crippen LogP contribution in [0.1, 0.15) is 6.42 Å². The van der Waals surface area contributed by atoms with Gasteiger partial charge in [0.2, 0.25) is 0 Å². The van der Waals surface area contributed by atoms with Crippen LogP contribution >= 0.6 is 0 Å². The van der Waals surface area contributed by atoms with Crippen LogP contribution < -0.4 is 10.9 Å². The Labute approximate surface area is 102 Å². The first-order chi connectivity index (χ1) is 8.68. The number of carbonyl (C=O) groups is 1. The number of nitrogens with zero attached hydrogens (tertiary/aromatic N) is 3. The van der Waals surface area contributed by atoms with Crippen LogP contribution in [0.4, 0.5) is 0 Å². The average Bonchev–Trinajstić information content (AvgIpc) is 2.37. The number of hydrogen-bond donors (Lipinski definition) is 2. The minimum atomic E-state index is -0.889. The molecule has 1 heterocycles. The fraction of sp³-hybridized carbons (Fsp3) is 0.273. The largest absolute Gasteiger partial charge is 0.481 e. The summed E-state index contributed by atoms with van der Waals surface area (Å²) in [4.78, 5) is 22.3. The SMILES string of the molecule is O=C(O)CCNCn1nnc2ccccc2c1=O. The van der Waals surface area contributed by atoms with E-state index in [9.17, 15) is 9.59 Å². The zero-order chi connectivity index (χ0) is 13.0. The highest BCUT2D eigenvalue weighted by Crippen LogP contribution is 2.02. The van der Waals surface area contributed by atoms with Crippen LogP contribution in [0.15, 0.2) is 29.1 Å². The van der Waals surface area contributed by atoms with Crippen molar-refractivity contribution in [3.8, 4) is 0 Å². The molecule has 0 amide bonds. The molecule has 1 aromatic carbocycles. The second-order valence-corrected chi connectivity index (χ2v) is 3.71. The predicted octanol–water partition coefficient (Wildman–Crippen LogP) is -0.187. The number of benzene rings is 1. The van der Waals surface area contributed by atoms with Crippen LogP contribution in [0, 0.1) is 0 Å². The molecule has 7 nitrogen and oxygen atoms in total. The predicted molar refractivity (Wildman–Crippen MR) is 64.1 cm³/mol. The highest BCUT2D eigenvalue weighted by atomic mass is 16.4. The van der Waals surface area contributed by atoms with Crippen molar-refractivity contribution >= 4 is 16.9 Å². The van der Waals surface area contributed by atoms with Crippen LogP contribution in [0.5, 0.6) is 0 Å². The summed E-state index contributed by atoms with van der Waals surface area (Å²) in [6, 6.07) is 6.94. The molecule has 0 spiro atoms. The molecule has 0 unspecified atom stereocenters. The fourth-order valence-corrected chi connectivity index (χ4v) is 1.51. The smallest absolute Gasteiger partial charge is 0.304 e. The second kappa shape index (κ2) is 5.37. The summed E-state index contributed by atoms with van der Waals surface area (Å²) in [5, 5.41) is 19.5. The lowest BCUT2D eigenvalue weighted by Gasteiger charge is -2.05. The van der Waals surface area contributed by atoms with E-state index in [1.165, 1.54) is 4.68 Å². The maximum absolute atomic E-state index is 12.0. The summed E-state index contributed by atoms with van der Waals surface area (Å²) in [6.45, 7) is 0.417. The summed E-state index contributed by atoms with van der Waals surface area (Å²) in [5.41, 5.74) is 0.299. The van der Waals surface area contributed by atoms with E-state index in [1.807, 2.05) is 0 Å². The Morgan fingerprint density at radius 2 is 2.17 bits per heavy atom. The minimum Gasteiger partial charge on any atom is -0.481 e. The lowest BCUT2D eigenvalue weighted by atomic mass is 10.2. The average molecular weight is 248 g/mol. The first-order valence-electron chi connectivity index (χ1n) is 5.43. The van der Waals surface area contributed by atoms with Gasteiger partial charge in [0.25, 0.3) is 5.56 Å². The van der Waals surface area contributed by atoms with Crippen molar-refractivity contribution < 1.29 is 9.90 Å². The van der Waals surface area contributed by atoms with Crippen LogP contribution in [0.3, 0.4) is 0 Å². The van der Waals surface area contributed by atoms with Crippen molar-refractivity contribution in [3.05, 3.63) is 34.6 Å². The number of fused-ring (bicyclic) bond motifs is 1. The van der Waals surface area contributed by atoms with Crippen molar-refractivity contribution in [1.29, 1.82) is 0 Å². The second-order valence-electron chi connectivity index (χ2n) is 3.71. The molecule has 0 aliphatic rings. The van der Waals surface area contributed by atoms with Gasteiger partial charge in [-0.15, -0.1) is 5.10 Å². The Kier molecular flexibility index (Phi) is 3.63. The molecule has 0 aliphatic carbocycles. The van der Waals surface area contributed by atoms with E-state index in [0.717, 1.165) is 0 Å². The van der Waals surface area contributed by atoms with Gasteiger partial charge in [-0.05, 0) is 12.1 Å². The Bertz CT molecular complexity index is 623. The monoisotopic (exact) mass is 248 g/mol. The third-order valence-corrected chi connectivity index (χ3v) is 2.41. The first-order valence-corrected chi connectivity index (χ1v) is 5.43. The summed E-state index contributed by atoms with van der Waals surface area (Å²) >= 11 is 0. The number of aliphatic carboxylic acids is 1. The number of hydrogen-bond acceptors (Lipinski definition) is 5.